The molecule has 3 nitrogen and oxygen atoms in total. The summed E-state index contributed by atoms with van der Waals surface area (Å²) in [5.74, 6) is 1.54. The minimum Gasteiger partial charge on any atom is -0.485 e. The van der Waals surface area contributed by atoms with Gasteiger partial charge < -0.3 is 10.5 Å². The second kappa shape index (κ2) is 5.53. The van der Waals surface area contributed by atoms with Crippen molar-refractivity contribution in [1.82, 2.24) is 0 Å². The predicted molar refractivity (Wildman–Crippen MR) is 83.9 cm³/mol. The van der Waals surface area contributed by atoms with Crippen LogP contribution < -0.4 is 10.5 Å². The number of ether oxygens (including phenoxy) is 1. The van der Waals surface area contributed by atoms with E-state index in [0.717, 1.165) is 29.8 Å². The van der Waals surface area contributed by atoms with Crippen LogP contribution in [0.15, 0.2) is 41.0 Å². The fourth-order valence-electron chi connectivity index (χ4n) is 2.78. The molecular formula is C17H20N2O. The largest absolute Gasteiger partial charge is 0.485 e. The lowest BCUT2D eigenvalue weighted by atomic mass is 9.84. The topological polar surface area (TPSA) is 47.6 Å². The molecule has 1 heterocycles. The number of fused-ring (bicyclic) bond motifs is 2. The molecule has 0 amide bonds. The van der Waals surface area contributed by atoms with Gasteiger partial charge in [0.25, 0.3) is 0 Å². The molecule has 1 aromatic carbocycles. The van der Waals surface area contributed by atoms with Crippen molar-refractivity contribution < 1.29 is 4.74 Å². The van der Waals surface area contributed by atoms with E-state index in [2.05, 4.69) is 18.0 Å². The van der Waals surface area contributed by atoms with Crippen LogP contribution in [0.1, 0.15) is 31.7 Å². The second-order valence-electron chi connectivity index (χ2n) is 5.64. The Labute approximate surface area is 119 Å². The summed E-state index contributed by atoms with van der Waals surface area (Å²) < 4.78 is 6.27. The van der Waals surface area contributed by atoms with Crippen molar-refractivity contribution in [2.24, 2.45) is 10.9 Å². The van der Waals surface area contributed by atoms with Crippen LogP contribution in [-0.2, 0) is 0 Å². The number of anilines is 1. The van der Waals surface area contributed by atoms with Gasteiger partial charge >= 0.3 is 0 Å². The van der Waals surface area contributed by atoms with Gasteiger partial charge in [-0.25, -0.2) is 0 Å². The first-order valence-corrected chi connectivity index (χ1v) is 7.17. The van der Waals surface area contributed by atoms with Crippen LogP contribution in [0.5, 0.6) is 5.75 Å². The first-order chi connectivity index (χ1) is 9.72. The lowest BCUT2D eigenvalue weighted by molar-refractivity contribution is 0.177. The molecule has 1 aliphatic carbocycles. The molecule has 1 aromatic rings. The lowest BCUT2D eigenvalue weighted by Crippen LogP contribution is -2.27. The summed E-state index contributed by atoms with van der Waals surface area (Å²) in [6, 6.07) is 5.78. The third kappa shape index (κ3) is 2.77. The van der Waals surface area contributed by atoms with Crippen LogP contribution in [0.3, 0.4) is 0 Å². The number of rotatable bonds is 0. The highest BCUT2D eigenvalue weighted by molar-refractivity contribution is 5.74. The molecule has 0 radical (unpaired) electrons. The number of nitrogens with two attached hydrogens (primary N) is 1. The van der Waals surface area contributed by atoms with E-state index in [1.54, 1.807) is 6.20 Å². The van der Waals surface area contributed by atoms with E-state index in [0.29, 0.717) is 5.92 Å². The van der Waals surface area contributed by atoms with Gasteiger partial charge in [0.2, 0.25) is 0 Å². The fourth-order valence-corrected chi connectivity index (χ4v) is 2.78. The van der Waals surface area contributed by atoms with Crippen LogP contribution in [0, 0.1) is 5.92 Å². The molecule has 0 saturated heterocycles. The van der Waals surface area contributed by atoms with Crippen LogP contribution >= 0.6 is 0 Å². The molecule has 20 heavy (non-hydrogen) atoms. The summed E-state index contributed by atoms with van der Waals surface area (Å²) in [6.45, 7) is 2.28. The maximum absolute atomic E-state index is 6.27. The Morgan fingerprint density at radius 2 is 2.25 bits per heavy atom. The Morgan fingerprint density at radius 3 is 3.15 bits per heavy atom. The highest BCUT2D eigenvalue weighted by atomic mass is 16.5. The van der Waals surface area contributed by atoms with E-state index >= 15 is 0 Å². The summed E-state index contributed by atoms with van der Waals surface area (Å²) in [4.78, 5) is 4.30. The monoisotopic (exact) mass is 268 g/mol. The van der Waals surface area contributed by atoms with Crippen LogP contribution in [0.25, 0.3) is 6.08 Å². The first-order valence-electron chi connectivity index (χ1n) is 7.17. The minimum atomic E-state index is 0.136. The Kier molecular flexibility index (Phi) is 3.59. The Hall–Kier alpha value is -2.03. The van der Waals surface area contributed by atoms with Crippen LogP contribution in [0.2, 0.25) is 0 Å². The Bertz CT molecular complexity index is 587. The molecule has 0 aromatic heterocycles. The molecule has 2 unspecified atom stereocenters. The lowest BCUT2D eigenvalue weighted by Gasteiger charge is -2.30. The zero-order chi connectivity index (χ0) is 13.9. The number of hydrogen-bond donors (Lipinski definition) is 1. The number of nitrogen functional groups attached to an aromatic ring is 1. The number of aliphatic imine (C=N–C) groups is 1. The summed E-state index contributed by atoms with van der Waals surface area (Å²) in [7, 11) is 0. The molecule has 1 saturated carbocycles. The molecular weight excluding hydrogens is 248 g/mol. The normalized spacial score (nSPS) is 30.9. The van der Waals surface area contributed by atoms with Gasteiger partial charge in [0.05, 0.1) is 0 Å². The van der Waals surface area contributed by atoms with Gasteiger partial charge in [0.1, 0.15) is 11.9 Å². The minimum absolute atomic E-state index is 0.136. The van der Waals surface area contributed by atoms with E-state index in [-0.39, 0.29) is 6.10 Å². The number of hydrogen-bond acceptors (Lipinski definition) is 3. The summed E-state index contributed by atoms with van der Waals surface area (Å²) in [5, 5.41) is 0. The zero-order valence-corrected chi connectivity index (χ0v) is 11.8. The SMILES string of the molecule is CC1CC/C2=C/C=N/C=C\c3ccc(N)cc3OC2C1. The molecule has 104 valence electrons. The predicted octanol–water partition coefficient (Wildman–Crippen LogP) is 3.82. The third-order valence-corrected chi connectivity index (χ3v) is 3.98. The number of benzene rings is 1. The molecule has 0 bridgehead atoms. The molecule has 1 fully saturated rings. The summed E-state index contributed by atoms with van der Waals surface area (Å²) in [5.41, 5.74) is 8.97. The molecule has 3 heteroatoms. The molecule has 3 rings (SSSR count). The zero-order valence-electron chi connectivity index (χ0n) is 11.8. The van der Waals surface area contributed by atoms with Gasteiger partial charge in [-0.15, -0.1) is 0 Å². The van der Waals surface area contributed by atoms with Crippen molar-refractivity contribution in [2.45, 2.75) is 32.3 Å². The van der Waals surface area contributed by atoms with Crippen molar-refractivity contribution in [3.05, 3.63) is 41.6 Å². The van der Waals surface area contributed by atoms with Crippen molar-refractivity contribution in [3.63, 3.8) is 0 Å². The summed E-state index contributed by atoms with van der Waals surface area (Å²) >= 11 is 0. The fraction of sp³-hybridized carbons (Fsp3) is 0.353. The van der Waals surface area contributed by atoms with Crippen molar-refractivity contribution >= 4 is 18.0 Å². The smallest absolute Gasteiger partial charge is 0.129 e. The number of nitrogens with zero attached hydrogens (tertiary/aromatic N) is 1. The number of allylic oxidation sites excluding steroid dienone is 1. The second-order valence-corrected chi connectivity index (χ2v) is 5.64. The molecule has 2 N–H and O–H groups in total. The maximum Gasteiger partial charge on any atom is 0.129 e. The third-order valence-electron chi connectivity index (χ3n) is 3.98. The Morgan fingerprint density at radius 1 is 1.35 bits per heavy atom. The van der Waals surface area contributed by atoms with Crippen molar-refractivity contribution in [3.8, 4) is 5.75 Å². The van der Waals surface area contributed by atoms with Crippen molar-refractivity contribution in [1.29, 1.82) is 0 Å². The van der Waals surface area contributed by atoms with E-state index in [1.165, 1.54) is 12.0 Å². The van der Waals surface area contributed by atoms with Crippen LogP contribution in [0.4, 0.5) is 5.69 Å². The Balaban J connectivity index is 2.00. The van der Waals surface area contributed by atoms with Gasteiger partial charge in [-0.2, -0.15) is 0 Å². The molecule has 0 spiro atoms. The van der Waals surface area contributed by atoms with E-state index < -0.39 is 0 Å². The quantitative estimate of drug-likeness (QED) is 0.727. The first kappa shape index (κ1) is 13.0. The summed E-state index contributed by atoms with van der Waals surface area (Å²) in [6.07, 6.45) is 11.2. The van der Waals surface area contributed by atoms with Gasteiger partial charge in [0, 0.05) is 29.7 Å². The van der Waals surface area contributed by atoms with Gasteiger partial charge in [-0.1, -0.05) is 6.92 Å². The molecule has 1 aliphatic heterocycles. The van der Waals surface area contributed by atoms with E-state index in [9.17, 15) is 0 Å². The average molecular weight is 268 g/mol. The standard InChI is InChI=1S/C17H20N2O/c1-12-2-3-13-6-8-19-9-7-14-4-5-15(18)11-17(14)20-16(13)10-12/h4-9,11-12,16H,2-3,10,18H2,1H3/b9-7-,13-6-,19-8+. The van der Waals surface area contributed by atoms with Gasteiger partial charge in [0.15, 0.2) is 0 Å². The molecule has 2 atom stereocenters. The van der Waals surface area contributed by atoms with E-state index in [1.807, 2.05) is 30.5 Å². The van der Waals surface area contributed by atoms with Crippen molar-refractivity contribution in [2.75, 3.05) is 5.73 Å². The highest BCUT2D eigenvalue weighted by Gasteiger charge is 2.25. The molecule has 2 aliphatic rings. The van der Waals surface area contributed by atoms with Gasteiger partial charge in [-0.3, -0.25) is 4.99 Å². The average Bonchev–Trinajstić information content (AvgIpc) is 2.43. The van der Waals surface area contributed by atoms with Gasteiger partial charge in [-0.05, 0) is 55.0 Å². The maximum atomic E-state index is 6.27. The van der Waals surface area contributed by atoms with E-state index in [4.69, 9.17) is 10.5 Å². The highest BCUT2D eigenvalue weighted by Crippen LogP contribution is 2.33. The van der Waals surface area contributed by atoms with Crippen LogP contribution in [-0.4, -0.2) is 12.3 Å².